The van der Waals surface area contributed by atoms with Gasteiger partial charge >= 0.3 is 0 Å². The smallest absolute Gasteiger partial charge is 0.252 e. The third-order valence-corrected chi connectivity index (χ3v) is 6.60. The molecule has 1 aliphatic rings. The molecular weight excluding hydrogens is 445 g/mol. The van der Waals surface area contributed by atoms with Gasteiger partial charge in [-0.25, -0.2) is 9.37 Å². The minimum atomic E-state index is -0.779. The number of halogens is 1. The molecule has 0 bridgehead atoms. The zero-order valence-corrected chi connectivity index (χ0v) is 19.5. The molecule has 3 aromatic heterocycles. The lowest BCUT2D eigenvalue weighted by atomic mass is 9.91. The van der Waals surface area contributed by atoms with Crippen LogP contribution in [0, 0.1) is 5.82 Å². The molecule has 0 radical (unpaired) electrons. The quantitative estimate of drug-likeness (QED) is 0.331. The number of fused-ring (bicyclic) bond motifs is 1. The van der Waals surface area contributed by atoms with Gasteiger partial charge in [0.05, 0.1) is 17.4 Å². The van der Waals surface area contributed by atoms with Crippen LogP contribution in [0.5, 0.6) is 0 Å². The lowest BCUT2D eigenvalue weighted by Gasteiger charge is -2.30. The molecular formula is C26H28FN7O. The van der Waals surface area contributed by atoms with E-state index < -0.39 is 11.7 Å². The molecule has 1 unspecified atom stereocenters. The van der Waals surface area contributed by atoms with E-state index in [2.05, 4.69) is 43.4 Å². The number of hydrogen-bond donors (Lipinski definition) is 4. The van der Waals surface area contributed by atoms with Gasteiger partial charge in [0.25, 0.3) is 5.91 Å². The van der Waals surface area contributed by atoms with Gasteiger partial charge in [-0.15, -0.1) is 0 Å². The molecule has 1 fully saturated rings. The van der Waals surface area contributed by atoms with Crippen LogP contribution in [0.25, 0.3) is 22.0 Å². The van der Waals surface area contributed by atoms with Crippen LogP contribution in [0.15, 0.2) is 55.0 Å². The van der Waals surface area contributed by atoms with Crippen LogP contribution in [-0.2, 0) is 7.05 Å². The SMILES string of the molecule is Cn1ccc2cc(-c3cncc(Nc4nc(NC5CCCC[C@@H]5N)c(F)cc4C(N)=O)c3)ccc21. The maximum Gasteiger partial charge on any atom is 0.252 e. The first-order chi connectivity index (χ1) is 16.9. The Morgan fingerprint density at radius 2 is 1.91 bits per heavy atom. The molecule has 8 nitrogen and oxygen atoms in total. The second-order valence-electron chi connectivity index (χ2n) is 9.07. The normalized spacial score (nSPS) is 17.9. The summed E-state index contributed by atoms with van der Waals surface area (Å²) >= 11 is 0. The molecule has 0 saturated heterocycles. The summed E-state index contributed by atoms with van der Waals surface area (Å²) in [6.07, 6.45) is 9.18. The molecule has 180 valence electrons. The van der Waals surface area contributed by atoms with E-state index in [0.29, 0.717) is 5.69 Å². The Kier molecular flexibility index (Phi) is 6.08. The second kappa shape index (κ2) is 9.34. The van der Waals surface area contributed by atoms with Crippen molar-refractivity contribution >= 4 is 34.1 Å². The van der Waals surface area contributed by atoms with Gasteiger partial charge in [0.15, 0.2) is 11.6 Å². The van der Waals surface area contributed by atoms with Gasteiger partial charge in [-0.05, 0) is 48.7 Å². The maximum atomic E-state index is 14.8. The largest absolute Gasteiger partial charge is 0.365 e. The Morgan fingerprint density at radius 3 is 2.71 bits per heavy atom. The van der Waals surface area contributed by atoms with E-state index in [1.165, 1.54) is 0 Å². The molecule has 0 aliphatic heterocycles. The zero-order chi connectivity index (χ0) is 24.5. The molecule has 1 amide bonds. The molecule has 1 saturated carbocycles. The van der Waals surface area contributed by atoms with Crippen LogP contribution in [-0.4, -0.2) is 32.5 Å². The third kappa shape index (κ3) is 4.67. The van der Waals surface area contributed by atoms with Gasteiger partial charge in [0.2, 0.25) is 0 Å². The summed E-state index contributed by atoms with van der Waals surface area (Å²) in [7, 11) is 2.01. The average molecular weight is 474 g/mol. The fraction of sp³-hybridized carbons (Fsp3) is 0.269. The summed E-state index contributed by atoms with van der Waals surface area (Å²) < 4.78 is 16.9. The molecule has 1 aliphatic carbocycles. The minimum Gasteiger partial charge on any atom is -0.365 e. The first-order valence-corrected chi connectivity index (χ1v) is 11.7. The highest BCUT2D eigenvalue weighted by Gasteiger charge is 2.24. The number of nitrogens with zero attached hydrogens (tertiary/aromatic N) is 3. The van der Waals surface area contributed by atoms with Gasteiger partial charge in [-0.3, -0.25) is 9.78 Å². The van der Waals surface area contributed by atoms with Crippen LogP contribution < -0.4 is 22.1 Å². The average Bonchev–Trinajstić information content (AvgIpc) is 3.22. The van der Waals surface area contributed by atoms with Gasteiger partial charge in [0.1, 0.15) is 5.82 Å². The van der Waals surface area contributed by atoms with Crippen molar-refractivity contribution in [2.45, 2.75) is 37.8 Å². The van der Waals surface area contributed by atoms with Crippen molar-refractivity contribution in [1.82, 2.24) is 14.5 Å². The number of pyridine rings is 2. The number of benzene rings is 1. The van der Waals surface area contributed by atoms with Gasteiger partial charge in [-0.2, -0.15) is 0 Å². The predicted molar refractivity (Wildman–Crippen MR) is 136 cm³/mol. The number of carbonyl (C=O) groups excluding carboxylic acids is 1. The van der Waals surface area contributed by atoms with Crippen molar-refractivity contribution in [2.24, 2.45) is 18.5 Å². The highest BCUT2D eigenvalue weighted by molar-refractivity contribution is 5.98. The highest BCUT2D eigenvalue weighted by atomic mass is 19.1. The van der Waals surface area contributed by atoms with Crippen molar-refractivity contribution in [1.29, 1.82) is 0 Å². The van der Waals surface area contributed by atoms with Crippen LogP contribution in [0.1, 0.15) is 36.0 Å². The molecule has 5 rings (SSSR count). The number of hydrogen-bond acceptors (Lipinski definition) is 6. The molecule has 9 heteroatoms. The van der Waals surface area contributed by atoms with E-state index in [-0.39, 0.29) is 29.3 Å². The summed E-state index contributed by atoms with van der Waals surface area (Å²) in [5.74, 6) is -1.23. The number of anilines is 3. The van der Waals surface area contributed by atoms with E-state index >= 15 is 0 Å². The van der Waals surface area contributed by atoms with E-state index in [1.807, 2.05) is 25.4 Å². The van der Waals surface area contributed by atoms with Gasteiger partial charge in [-0.1, -0.05) is 18.9 Å². The standard InChI is InChI=1S/C26H28FN7O/c1-34-9-8-16-10-15(6-7-23(16)34)17-11-18(14-30-13-17)31-25-19(24(29)35)12-20(27)26(33-25)32-22-5-3-2-4-21(22)28/h6-14,21-22H,2-5,28H2,1H3,(H2,29,35)(H2,31,32,33)/t21-,22?/m0/s1. The number of nitrogens with one attached hydrogen (secondary N) is 2. The minimum absolute atomic E-state index is 0.0403. The van der Waals surface area contributed by atoms with E-state index in [9.17, 15) is 9.18 Å². The summed E-state index contributed by atoms with van der Waals surface area (Å²) in [6.45, 7) is 0. The summed E-state index contributed by atoms with van der Waals surface area (Å²) in [6, 6.07) is 11.1. The molecule has 35 heavy (non-hydrogen) atoms. The Labute approximate surface area is 202 Å². The first-order valence-electron chi connectivity index (χ1n) is 11.7. The molecule has 0 spiro atoms. The Hall–Kier alpha value is -3.98. The zero-order valence-electron chi connectivity index (χ0n) is 19.5. The summed E-state index contributed by atoms with van der Waals surface area (Å²) in [5.41, 5.74) is 15.3. The monoisotopic (exact) mass is 473 g/mol. The number of rotatable bonds is 6. The topological polar surface area (TPSA) is 124 Å². The Morgan fingerprint density at radius 1 is 1.09 bits per heavy atom. The van der Waals surface area contributed by atoms with Crippen molar-refractivity contribution in [3.63, 3.8) is 0 Å². The van der Waals surface area contributed by atoms with Crippen molar-refractivity contribution in [3.05, 3.63) is 66.4 Å². The van der Waals surface area contributed by atoms with Crippen LogP contribution in [0.3, 0.4) is 0 Å². The second-order valence-corrected chi connectivity index (χ2v) is 9.07. The van der Waals surface area contributed by atoms with Gasteiger partial charge in [0, 0.05) is 48.0 Å². The van der Waals surface area contributed by atoms with Crippen LogP contribution in [0.4, 0.5) is 21.7 Å². The lowest BCUT2D eigenvalue weighted by Crippen LogP contribution is -2.43. The molecule has 1 aromatic carbocycles. The highest BCUT2D eigenvalue weighted by Crippen LogP contribution is 2.29. The molecule has 6 N–H and O–H groups in total. The number of primary amides is 1. The fourth-order valence-corrected chi connectivity index (χ4v) is 4.65. The van der Waals surface area contributed by atoms with E-state index in [1.54, 1.807) is 12.4 Å². The molecule has 2 atom stereocenters. The lowest BCUT2D eigenvalue weighted by molar-refractivity contribution is 0.100. The predicted octanol–water partition coefficient (Wildman–Crippen LogP) is 4.30. The van der Waals surface area contributed by atoms with Gasteiger partial charge < -0.3 is 26.7 Å². The van der Waals surface area contributed by atoms with E-state index in [4.69, 9.17) is 11.5 Å². The van der Waals surface area contributed by atoms with Crippen molar-refractivity contribution < 1.29 is 9.18 Å². The number of amides is 1. The van der Waals surface area contributed by atoms with Crippen molar-refractivity contribution in [2.75, 3.05) is 10.6 Å². The Balaban J connectivity index is 1.46. The first kappa shape index (κ1) is 22.8. The molecule has 3 heterocycles. The van der Waals surface area contributed by atoms with Crippen molar-refractivity contribution in [3.8, 4) is 11.1 Å². The summed E-state index contributed by atoms with van der Waals surface area (Å²) in [4.78, 5) is 20.8. The summed E-state index contributed by atoms with van der Waals surface area (Å²) in [5, 5.41) is 7.35. The van der Waals surface area contributed by atoms with E-state index in [0.717, 1.165) is 53.8 Å². The number of aryl methyl sites for hydroxylation is 1. The Bertz CT molecular complexity index is 1400. The molecule has 4 aromatic rings. The maximum absolute atomic E-state index is 14.8. The number of nitrogens with two attached hydrogens (primary N) is 2. The van der Waals surface area contributed by atoms with Crippen LogP contribution >= 0.6 is 0 Å². The third-order valence-electron chi connectivity index (χ3n) is 6.60. The fourth-order valence-electron chi connectivity index (χ4n) is 4.65. The number of carbonyl (C=O) groups is 1. The van der Waals surface area contributed by atoms with Crippen LogP contribution in [0.2, 0.25) is 0 Å². The number of aromatic nitrogens is 3.